The van der Waals surface area contributed by atoms with Crippen molar-refractivity contribution < 1.29 is 9.53 Å². The summed E-state index contributed by atoms with van der Waals surface area (Å²) in [6, 6.07) is 0.561. The molecule has 0 aromatic rings. The van der Waals surface area contributed by atoms with Crippen molar-refractivity contribution in [1.29, 1.82) is 0 Å². The molecule has 2 N–H and O–H groups in total. The van der Waals surface area contributed by atoms with Crippen molar-refractivity contribution >= 4 is 6.47 Å². The number of hydrogen-bond donors (Lipinski definition) is 2. The molecule has 14 heavy (non-hydrogen) atoms. The van der Waals surface area contributed by atoms with Crippen LogP contribution in [0.1, 0.15) is 26.7 Å². The van der Waals surface area contributed by atoms with Gasteiger partial charge in [-0.2, -0.15) is 0 Å². The van der Waals surface area contributed by atoms with Gasteiger partial charge in [-0.25, -0.2) is 0 Å². The second kappa shape index (κ2) is 5.32. The molecule has 1 aliphatic rings. The topological polar surface area (TPSA) is 50.4 Å². The standard InChI is InChI=1S/C10H20N2O2/c1-10(2,14-8-13)7-12-9-3-5-11-6-4-9/h8-9,11-12H,3-7H2,1-2H3. The molecule has 0 unspecified atom stereocenters. The lowest BCUT2D eigenvalue weighted by Gasteiger charge is -2.29. The number of carbonyl (C=O) groups is 1. The average Bonchev–Trinajstić information content (AvgIpc) is 2.17. The molecule has 1 saturated heterocycles. The third kappa shape index (κ3) is 4.07. The van der Waals surface area contributed by atoms with Crippen LogP contribution in [-0.4, -0.2) is 37.7 Å². The molecule has 0 radical (unpaired) electrons. The summed E-state index contributed by atoms with van der Waals surface area (Å²) >= 11 is 0. The summed E-state index contributed by atoms with van der Waals surface area (Å²) in [5.41, 5.74) is -0.396. The van der Waals surface area contributed by atoms with Gasteiger partial charge in [0, 0.05) is 12.6 Å². The monoisotopic (exact) mass is 200 g/mol. The lowest BCUT2D eigenvalue weighted by Crippen LogP contribution is -2.46. The van der Waals surface area contributed by atoms with E-state index in [9.17, 15) is 4.79 Å². The average molecular weight is 200 g/mol. The summed E-state index contributed by atoms with van der Waals surface area (Å²) < 4.78 is 4.96. The van der Waals surface area contributed by atoms with Crippen molar-refractivity contribution in [2.75, 3.05) is 19.6 Å². The van der Waals surface area contributed by atoms with Crippen LogP contribution in [0.25, 0.3) is 0 Å². The first kappa shape index (κ1) is 11.5. The van der Waals surface area contributed by atoms with Crippen LogP contribution in [0.15, 0.2) is 0 Å². The van der Waals surface area contributed by atoms with Crippen molar-refractivity contribution in [3.63, 3.8) is 0 Å². The minimum atomic E-state index is -0.396. The van der Waals surface area contributed by atoms with E-state index in [1.165, 1.54) is 0 Å². The van der Waals surface area contributed by atoms with E-state index >= 15 is 0 Å². The molecule has 82 valence electrons. The van der Waals surface area contributed by atoms with Gasteiger partial charge in [0.1, 0.15) is 5.60 Å². The normalized spacial score (nSPS) is 19.3. The lowest BCUT2D eigenvalue weighted by atomic mass is 10.0. The molecule has 0 aromatic heterocycles. The van der Waals surface area contributed by atoms with E-state index < -0.39 is 5.60 Å². The van der Waals surface area contributed by atoms with Crippen molar-refractivity contribution in [2.45, 2.75) is 38.3 Å². The molecule has 0 amide bonds. The van der Waals surface area contributed by atoms with E-state index in [1.807, 2.05) is 13.8 Å². The zero-order valence-corrected chi connectivity index (χ0v) is 9.01. The highest BCUT2D eigenvalue weighted by atomic mass is 16.5. The molecule has 4 nitrogen and oxygen atoms in total. The van der Waals surface area contributed by atoms with Crippen LogP contribution in [-0.2, 0) is 9.53 Å². The van der Waals surface area contributed by atoms with Crippen LogP contribution in [0.2, 0.25) is 0 Å². The van der Waals surface area contributed by atoms with Gasteiger partial charge >= 0.3 is 0 Å². The Morgan fingerprint density at radius 2 is 2.14 bits per heavy atom. The fraction of sp³-hybridized carbons (Fsp3) is 0.900. The quantitative estimate of drug-likeness (QED) is 0.626. The molecule has 1 aliphatic heterocycles. The van der Waals surface area contributed by atoms with Crippen LogP contribution in [0.3, 0.4) is 0 Å². The fourth-order valence-electron chi connectivity index (χ4n) is 1.59. The molecule has 0 aliphatic carbocycles. The smallest absolute Gasteiger partial charge is 0.293 e. The summed E-state index contributed by atoms with van der Waals surface area (Å²) in [5.74, 6) is 0. The Kier molecular flexibility index (Phi) is 4.35. The predicted octanol–water partition coefficient (Wildman–Crippen LogP) is 0.280. The van der Waals surface area contributed by atoms with Gasteiger partial charge in [0.2, 0.25) is 0 Å². The highest BCUT2D eigenvalue weighted by molar-refractivity contribution is 5.38. The highest BCUT2D eigenvalue weighted by Crippen LogP contribution is 2.08. The van der Waals surface area contributed by atoms with Crippen LogP contribution in [0, 0.1) is 0 Å². The summed E-state index contributed by atoms with van der Waals surface area (Å²) in [4.78, 5) is 10.2. The van der Waals surface area contributed by atoms with Gasteiger partial charge in [-0.15, -0.1) is 0 Å². The van der Waals surface area contributed by atoms with E-state index in [2.05, 4.69) is 10.6 Å². The Morgan fingerprint density at radius 1 is 1.50 bits per heavy atom. The summed E-state index contributed by atoms with van der Waals surface area (Å²) in [6.07, 6.45) is 2.30. The molecule has 1 rings (SSSR count). The highest BCUT2D eigenvalue weighted by Gasteiger charge is 2.21. The maximum atomic E-state index is 10.2. The van der Waals surface area contributed by atoms with Crippen molar-refractivity contribution in [1.82, 2.24) is 10.6 Å². The van der Waals surface area contributed by atoms with E-state index in [1.54, 1.807) is 0 Å². The first-order valence-corrected chi connectivity index (χ1v) is 5.19. The maximum Gasteiger partial charge on any atom is 0.293 e. The van der Waals surface area contributed by atoms with Gasteiger partial charge in [-0.3, -0.25) is 4.79 Å². The van der Waals surface area contributed by atoms with E-state index in [0.29, 0.717) is 12.5 Å². The largest absolute Gasteiger partial charge is 0.461 e. The lowest BCUT2D eigenvalue weighted by molar-refractivity contribution is -0.140. The third-order valence-corrected chi connectivity index (χ3v) is 2.52. The van der Waals surface area contributed by atoms with Gasteiger partial charge in [0.25, 0.3) is 6.47 Å². The number of ether oxygens (including phenoxy) is 1. The number of rotatable bonds is 5. The first-order chi connectivity index (χ1) is 6.64. The fourth-order valence-corrected chi connectivity index (χ4v) is 1.59. The van der Waals surface area contributed by atoms with Crippen molar-refractivity contribution in [2.24, 2.45) is 0 Å². The summed E-state index contributed by atoms with van der Waals surface area (Å²) in [7, 11) is 0. The van der Waals surface area contributed by atoms with Crippen molar-refractivity contribution in [3.8, 4) is 0 Å². The minimum Gasteiger partial charge on any atom is -0.461 e. The Balaban J connectivity index is 2.20. The molecule has 0 aromatic carbocycles. The Labute approximate surface area is 85.4 Å². The predicted molar refractivity (Wildman–Crippen MR) is 55.1 cm³/mol. The SMILES string of the molecule is CC(C)(CNC1CCNCC1)OC=O. The third-order valence-electron chi connectivity index (χ3n) is 2.52. The molecule has 0 saturated carbocycles. The zero-order chi connectivity index (χ0) is 10.4. The second-order valence-electron chi connectivity index (χ2n) is 4.38. The molecule has 0 atom stereocenters. The van der Waals surface area contributed by atoms with Gasteiger partial charge in [0.15, 0.2) is 0 Å². The Bertz CT molecular complexity index is 177. The van der Waals surface area contributed by atoms with Gasteiger partial charge in [-0.05, 0) is 39.8 Å². The summed E-state index contributed by atoms with van der Waals surface area (Å²) in [5, 5.41) is 6.73. The molecule has 0 bridgehead atoms. The number of hydrogen-bond acceptors (Lipinski definition) is 4. The van der Waals surface area contributed by atoms with Gasteiger partial charge in [0.05, 0.1) is 0 Å². The Morgan fingerprint density at radius 3 is 2.71 bits per heavy atom. The molecule has 4 heteroatoms. The second-order valence-corrected chi connectivity index (χ2v) is 4.38. The van der Waals surface area contributed by atoms with Crippen molar-refractivity contribution in [3.05, 3.63) is 0 Å². The Hall–Kier alpha value is -0.610. The number of piperidine rings is 1. The molecule has 1 heterocycles. The first-order valence-electron chi connectivity index (χ1n) is 5.19. The molecule has 1 fully saturated rings. The van der Waals surface area contributed by atoms with Crippen LogP contribution < -0.4 is 10.6 Å². The van der Waals surface area contributed by atoms with Gasteiger partial charge in [-0.1, -0.05) is 0 Å². The van der Waals surface area contributed by atoms with Crippen LogP contribution in [0.4, 0.5) is 0 Å². The van der Waals surface area contributed by atoms with E-state index in [-0.39, 0.29) is 0 Å². The molecular weight excluding hydrogens is 180 g/mol. The number of carbonyl (C=O) groups excluding carboxylic acids is 1. The maximum absolute atomic E-state index is 10.2. The summed E-state index contributed by atoms with van der Waals surface area (Å²) in [6.45, 7) is 7.21. The molecular formula is C10H20N2O2. The number of nitrogens with one attached hydrogen (secondary N) is 2. The van der Waals surface area contributed by atoms with E-state index in [0.717, 1.165) is 32.5 Å². The zero-order valence-electron chi connectivity index (χ0n) is 9.01. The van der Waals surface area contributed by atoms with Gasteiger partial charge < -0.3 is 15.4 Å². The molecule has 0 spiro atoms. The van der Waals surface area contributed by atoms with Crippen LogP contribution >= 0.6 is 0 Å². The minimum absolute atomic E-state index is 0.396. The van der Waals surface area contributed by atoms with Crippen LogP contribution in [0.5, 0.6) is 0 Å². The van der Waals surface area contributed by atoms with E-state index in [4.69, 9.17) is 4.74 Å².